The fourth-order valence-corrected chi connectivity index (χ4v) is 5.95. The van der Waals surface area contributed by atoms with Crippen LogP contribution in [0.15, 0.2) is 66.7 Å². The molecule has 0 bridgehead atoms. The van der Waals surface area contributed by atoms with Crippen molar-refractivity contribution in [1.82, 2.24) is 10.2 Å². The lowest BCUT2D eigenvalue weighted by molar-refractivity contribution is -0.123. The van der Waals surface area contributed by atoms with Crippen molar-refractivity contribution in [1.29, 1.82) is 0 Å². The Hall–Kier alpha value is -3.78. The van der Waals surface area contributed by atoms with Gasteiger partial charge in [0.25, 0.3) is 0 Å². The van der Waals surface area contributed by atoms with Crippen LogP contribution < -0.4 is 10.6 Å². The molecule has 2 N–H and O–H groups in total. The molecular weight excluding hydrogens is 512 g/mol. The number of rotatable bonds is 8. The minimum atomic E-state index is -0.879. The molecule has 1 saturated heterocycles. The lowest BCUT2D eigenvalue weighted by Gasteiger charge is -2.46. The summed E-state index contributed by atoms with van der Waals surface area (Å²) in [5, 5.41) is 5.76. The number of hydrogen-bond donors (Lipinski definition) is 2. The highest BCUT2D eigenvalue weighted by molar-refractivity contribution is 5.89. The van der Waals surface area contributed by atoms with E-state index in [9.17, 15) is 18.4 Å². The number of aryl methyl sites for hydroxylation is 1. The number of likely N-dealkylation sites (tertiary alicyclic amines) is 1. The summed E-state index contributed by atoms with van der Waals surface area (Å²) in [6.07, 6.45) is 1.88. The third-order valence-electron chi connectivity index (χ3n) is 8.27. The van der Waals surface area contributed by atoms with Gasteiger partial charge in [-0.15, -0.1) is 0 Å². The van der Waals surface area contributed by atoms with Crippen LogP contribution in [0.2, 0.25) is 0 Å². The van der Waals surface area contributed by atoms with Crippen LogP contribution in [0.5, 0.6) is 0 Å². The van der Waals surface area contributed by atoms with Crippen molar-refractivity contribution in [3.8, 4) is 0 Å². The van der Waals surface area contributed by atoms with Crippen LogP contribution in [0.3, 0.4) is 0 Å². The second-order valence-corrected chi connectivity index (χ2v) is 10.8. The number of piperidine rings is 1. The number of halogens is 2. The van der Waals surface area contributed by atoms with E-state index < -0.39 is 17.6 Å². The largest absolute Gasteiger partial charge is 0.438 e. The van der Waals surface area contributed by atoms with E-state index in [0.29, 0.717) is 50.1 Å². The number of benzene rings is 3. The van der Waals surface area contributed by atoms with Gasteiger partial charge in [0, 0.05) is 44.1 Å². The third-order valence-corrected chi connectivity index (χ3v) is 8.27. The fraction of sp³-hybridized carbons (Fsp3) is 0.375. The maximum absolute atomic E-state index is 14.1. The molecule has 2 aliphatic rings. The van der Waals surface area contributed by atoms with Gasteiger partial charge in [0.2, 0.25) is 5.91 Å². The molecule has 1 fully saturated rings. The first kappa shape index (κ1) is 27.8. The Kier molecular flexibility index (Phi) is 8.17. The minimum Gasteiger partial charge on any atom is -0.438 e. The molecule has 40 heavy (non-hydrogen) atoms. The summed E-state index contributed by atoms with van der Waals surface area (Å²) in [6, 6.07) is 18.6. The number of fused-ring (bicyclic) bond motifs is 2. The highest BCUT2D eigenvalue weighted by Gasteiger charge is 2.45. The molecule has 0 radical (unpaired) electrons. The van der Waals surface area contributed by atoms with Crippen LogP contribution in [0.4, 0.5) is 19.3 Å². The molecule has 1 spiro atoms. The highest BCUT2D eigenvalue weighted by Crippen LogP contribution is 2.44. The number of ether oxygens (including phenoxy) is 1. The zero-order valence-corrected chi connectivity index (χ0v) is 22.9. The van der Waals surface area contributed by atoms with Crippen LogP contribution in [0.25, 0.3) is 0 Å². The van der Waals surface area contributed by atoms with Gasteiger partial charge in [-0.3, -0.25) is 10.1 Å². The molecule has 2 heterocycles. The minimum absolute atomic E-state index is 0.0712. The van der Waals surface area contributed by atoms with Crippen LogP contribution in [0, 0.1) is 18.6 Å². The predicted molar refractivity (Wildman–Crippen MR) is 150 cm³/mol. The average Bonchev–Trinajstić information content (AvgIpc) is 2.95. The summed E-state index contributed by atoms with van der Waals surface area (Å²) >= 11 is 0. The van der Waals surface area contributed by atoms with Crippen LogP contribution in [0.1, 0.15) is 60.8 Å². The Morgan fingerprint density at radius 3 is 2.38 bits per heavy atom. The van der Waals surface area contributed by atoms with E-state index >= 15 is 0 Å². The molecule has 2 amide bonds. The van der Waals surface area contributed by atoms with Crippen molar-refractivity contribution >= 4 is 17.7 Å². The molecule has 2 atom stereocenters. The van der Waals surface area contributed by atoms with E-state index in [2.05, 4.69) is 22.5 Å². The Bertz CT molecular complexity index is 1350. The molecule has 8 heteroatoms. The third kappa shape index (κ3) is 6.02. The second kappa shape index (κ2) is 11.8. The lowest BCUT2D eigenvalue weighted by atomic mass is 9.81. The van der Waals surface area contributed by atoms with E-state index in [-0.39, 0.29) is 23.6 Å². The number of amides is 2. The Labute approximate surface area is 233 Å². The molecule has 2 unspecified atom stereocenters. The van der Waals surface area contributed by atoms with Gasteiger partial charge in [0.05, 0.1) is 11.6 Å². The number of hydrogen-bond acceptors (Lipinski definition) is 4. The molecule has 0 saturated carbocycles. The zero-order chi connectivity index (χ0) is 28.3. The molecule has 5 rings (SSSR count). The number of nitrogens with one attached hydrogen (secondary N) is 2. The molecule has 0 aromatic heterocycles. The van der Waals surface area contributed by atoms with Gasteiger partial charge in [-0.2, -0.15) is 0 Å². The molecule has 210 valence electrons. The van der Waals surface area contributed by atoms with E-state index in [1.54, 1.807) is 18.2 Å². The topological polar surface area (TPSA) is 70.7 Å². The van der Waals surface area contributed by atoms with Crippen LogP contribution in [-0.2, 0) is 21.7 Å². The summed E-state index contributed by atoms with van der Waals surface area (Å²) in [4.78, 5) is 28.2. The van der Waals surface area contributed by atoms with E-state index in [1.807, 2.05) is 31.2 Å². The van der Waals surface area contributed by atoms with Crippen molar-refractivity contribution in [3.63, 3.8) is 0 Å². The summed E-state index contributed by atoms with van der Waals surface area (Å²) in [7, 11) is 0. The van der Waals surface area contributed by atoms with Gasteiger partial charge in [-0.05, 0) is 61.2 Å². The summed E-state index contributed by atoms with van der Waals surface area (Å²) in [5.74, 6) is -1.27. The van der Waals surface area contributed by atoms with Gasteiger partial charge < -0.3 is 15.0 Å². The summed E-state index contributed by atoms with van der Waals surface area (Å²) < 4.78 is 33.7. The van der Waals surface area contributed by atoms with E-state index in [0.717, 1.165) is 23.1 Å². The number of anilines is 1. The van der Waals surface area contributed by atoms with Gasteiger partial charge in [-0.25, -0.2) is 13.6 Å². The van der Waals surface area contributed by atoms with Crippen molar-refractivity contribution in [3.05, 3.63) is 101 Å². The Balaban J connectivity index is 1.31. The highest BCUT2D eigenvalue weighted by atomic mass is 19.1. The van der Waals surface area contributed by atoms with Gasteiger partial charge in [-0.1, -0.05) is 48.9 Å². The second-order valence-electron chi connectivity index (χ2n) is 10.8. The SMILES string of the molecule is CCC(CC(C(=O)NCc1ccc(C)cc1)c1ccc(F)cc1)N1CCC2(CC1)OC(=O)Nc1ccc(F)cc12. The first-order valence-electron chi connectivity index (χ1n) is 13.9. The quantitative estimate of drug-likeness (QED) is 0.343. The monoisotopic (exact) mass is 547 g/mol. The average molecular weight is 548 g/mol. The van der Waals surface area contributed by atoms with Crippen molar-refractivity contribution in [2.45, 2.75) is 63.6 Å². The van der Waals surface area contributed by atoms with Crippen LogP contribution in [-0.4, -0.2) is 36.0 Å². The Morgan fingerprint density at radius 1 is 1.02 bits per heavy atom. The Morgan fingerprint density at radius 2 is 1.70 bits per heavy atom. The maximum atomic E-state index is 14.1. The number of nitrogens with zero attached hydrogens (tertiary/aromatic N) is 1. The summed E-state index contributed by atoms with van der Waals surface area (Å²) in [5.41, 5.74) is 3.31. The normalized spacial score (nSPS) is 17.9. The van der Waals surface area contributed by atoms with Gasteiger partial charge in [0.15, 0.2) is 0 Å². The molecule has 3 aromatic carbocycles. The van der Waals surface area contributed by atoms with Crippen LogP contribution >= 0.6 is 0 Å². The number of carbonyl (C=O) groups is 2. The van der Waals surface area contributed by atoms with Gasteiger partial charge >= 0.3 is 6.09 Å². The first-order valence-corrected chi connectivity index (χ1v) is 13.9. The zero-order valence-electron chi connectivity index (χ0n) is 22.9. The van der Waals surface area contributed by atoms with E-state index in [4.69, 9.17) is 4.74 Å². The lowest BCUT2D eigenvalue weighted by Crippen LogP contribution is -2.51. The molecular formula is C32H35F2N3O3. The molecule has 6 nitrogen and oxygen atoms in total. The number of carbonyl (C=O) groups excluding carboxylic acids is 2. The molecule has 2 aliphatic heterocycles. The van der Waals surface area contributed by atoms with Gasteiger partial charge in [0.1, 0.15) is 17.2 Å². The molecule has 0 aliphatic carbocycles. The van der Waals surface area contributed by atoms with E-state index in [1.165, 1.54) is 24.3 Å². The molecule has 3 aromatic rings. The maximum Gasteiger partial charge on any atom is 0.412 e. The smallest absolute Gasteiger partial charge is 0.412 e. The van der Waals surface area contributed by atoms with Crippen molar-refractivity contribution < 1.29 is 23.1 Å². The first-order chi connectivity index (χ1) is 19.3. The van der Waals surface area contributed by atoms with Crippen molar-refractivity contribution in [2.24, 2.45) is 0 Å². The fourth-order valence-electron chi connectivity index (χ4n) is 5.95. The van der Waals surface area contributed by atoms with Crippen molar-refractivity contribution in [2.75, 3.05) is 18.4 Å². The predicted octanol–water partition coefficient (Wildman–Crippen LogP) is 6.40. The summed E-state index contributed by atoms with van der Waals surface area (Å²) in [6.45, 7) is 5.78. The standard InChI is InChI=1S/C32H35F2N3O3/c1-3-26(37-16-14-32(15-17-37)28-18-25(34)12-13-29(28)36-31(39)40-32)19-27(23-8-10-24(33)11-9-23)30(38)35-20-22-6-4-21(2)5-7-22/h4-13,18,26-27H,3,14-17,19-20H2,1-2H3,(H,35,38)(H,36,39).